The molecular weight excluding hydrogens is 292 g/mol. The van der Waals surface area contributed by atoms with Crippen LogP contribution in [0.5, 0.6) is 0 Å². The number of fused-ring (bicyclic) bond motifs is 1. The number of carbonyl (C=O) groups excluding carboxylic acids is 1. The van der Waals surface area contributed by atoms with Crippen molar-refractivity contribution in [1.29, 1.82) is 0 Å². The maximum absolute atomic E-state index is 12.4. The molecule has 0 radical (unpaired) electrons. The van der Waals surface area contributed by atoms with Crippen LogP contribution in [0.4, 0.5) is 5.69 Å². The van der Waals surface area contributed by atoms with E-state index in [1.54, 1.807) is 30.3 Å². The molecule has 0 aliphatic carbocycles. The Hall–Kier alpha value is -2.54. The second-order valence-electron chi connectivity index (χ2n) is 4.41. The lowest BCUT2D eigenvalue weighted by molar-refractivity contribution is -0.117. The van der Waals surface area contributed by atoms with Crippen LogP contribution >= 0.6 is 0 Å². The summed E-state index contributed by atoms with van der Waals surface area (Å²) in [5, 5.41) is 5.34. The predicted octanol–water partition coefficient (Wildman–Crippen LogP) is 1.64. The second kappa shape index (κ2) is 5.10. The number of carbonyl (C=O) groups is 1. The molecule has 2 aromatic rings. The number of benzene rings is 1. The van der Waals surface area contributed by atoms with Crippen LogP contribution in [0.1, 0.15) is 5.76 Å². The number of nitrogens with one attached hydrogen (secondary N) is 2. The van der Waals surface area contributed by atoms with Crippen molar-refractivity contribution in [2.24, 2.45) is 0 Å². The third-order valence-electron chi connectivity index (χ3n) is 3.05. The van der Waals surface area contributed by atoms with Crippen LogP contribution < -0.4 is 10.6 Å². The van der Waals surface area contributed by atoms with E-state index in [0.717, 1.165) is 0 Å². The number of sulfone groups is 1. The van der Waals surface area contributed by atoms with Crippen LogP contribution in [-0.2, 0) is 21.2 Å². The number of anilines is 1. The van der Waals surface area contributed by atoms with Gasteiger partial charge in [0.2, 0.25) is 9.84 Å². The summed E-state index contributed by atoms with van der Waals surface area (Å²) >= 11 is 0. The van der Waals surface area contributed by atoms with Crippen LogP contribution in [0.15, 0.2) is 63.1 Å². The summed E-state index contributed by atoms with van der Waals surface area (Å²) in [6.45, 7) is 0.125. The Balaban J connectivity index is 1.83. The minimum atomic E-state index is -3.82. The van der Waals surface area contributed by atoms with Gasteiger partial charge < -0.3 is 15.1 Å². The lowest BCUT2D eigenvalue weighted by Gasteiger charge is -2.17. The fourth-order valence-electron chi connectivity index (χ4n) is 2.01. The van der Waals surface area contributed by atoms with Crippen molar-refractivity contribution in [3.63, 3.8) is 0 Å². The highest BCUT2D eigenvalue weighted by Crippen LogP contribution is 2.30. The largest absolute Gasteiger partial charge is 0.467 e. The lowest BCUT2D eigenvalue weighted by Crippen LogP contribution is -2.30. The van der Waals surface area contributed by atoms with Crippen LogP contribution in [0.3, 0.4) is 0 Å². The van der Waals surface area contributed by atoms with Crippen molar-refractivity contribution in [2.75, 3.05) is 5.32 Å². The molecule has 108 valence electrons. The van der Waals surface area contributed by atoms with E-state index >= 15 is 0 Å². The topological polar surface area (TPSA) is 88.4 Å². The molecule has 2 N–H and O–H groups in total. The maximum Gasteiger partial charge on any atom is 0.265 e. The van der Waals surface area contributed by atoms with Gasteiger partial charge in [-0.05, 0) is 24.3 Å². The van der Waals surface area contributed by atoms with Gasteiger partial charge in [0.1, 0.15) is 5.76 Å². The molecule has 21 heavy (non-hydrogen) atoms. The van der Waals surface area contributed by atoms with E-state index in [-0.39, 0.29) is 16.3 Å². The van der Waals surface area contributed by atoms with Crippen molar-refractivity contribution < 1.29 is 17.6 Å². The molecule has 1 aliphatic rings. The van der Waals surface area contributed by atoms with Gasteiger partial charge in [0, 0.05) is 6.20 Å². The first-order valence-electron chi connectivity index (χ1n) is 6.20. The molecule has 0 atom stereocenters. The summed E-state index contributed by atoms with van der Waals surface area (Å²) < 4.78 is 29.9. The van der Waals surface area contributed by atoms with Gasteiger partial charge in [0.05, 0.1) is 23.4 Å². The lowest BCUT2D eigenvalue weighted by atomic mass is 10.3. The molecule has 1 amide bonds. The fraction of sp³-hybridized carbons (Fsp3) is 0.0714. The Morgan fingerprint density at radius 1 is 1.19 bits per heavy atom. The van der Waals surface area contributed by atoms with Gasteiger partial charge in [-0.1, -0.05) is 12.1 Å². The van der Waals surface area contributed by atoms with Gasteiger partial charge in [-0.3, -0.25) is 4.79 Å². The summed E-state index contributed by atoms with van der Waals surface area (Å²) in [5.74, 6) is -0.126. The fourth-order valence-corrected chi connectivity index (χ4v) is 3.46. The molecule has 0 bridgehead atoms. The molecule has 0 fully saturated rings. The number of amides is 1. The molecule has 6 nitrogen and oxygen atoms in total. The molecule has 2 heterocycles. The zero-order chi connectivity index (χ0) is 14.9. The van der Waals surface area contributed by atoms with Gasteiger partial charge >= 0.3 is 0 Å². The number of hydrogen-bond acceptors (Lipinski definition) is 5. The molecule has 0 saturated heterocycles. The molecule has 0 saturated carbocycles. The van der Waals surface area contributed by atoms with E-state index in [9.17, 15) is 13.2 Å². The van der Waals surface area contributed by atoms with E-state index in [1.165, 1.54) is 18.5 Å². The number of hydrogen-bond donors (Lipinski definition) is 2. The zero-order valence-corrected chi connectivity index (χ0v) is 11.7. The van der Waals surface area contributed by atoms with Crippen LogP contribution in [0.2, 0.25) is 0 Å². The molecule has 7 heteroatoms. The van der Waals surface area contributed by atoms with E-state index in [4.69, 9.17) is 4.42 Å². The smallest absolute Gasteiger partial charge is 0.265 e. The van der Waals surface area contributed by atoms with E-state index in [0.29, 0.717) is 11.4 Å². The highest BCUT2D eigenvalue weighted by atomic mass is 32.2. The first-order chi connectivity index (χ1) is 10.1. The SMILES string of the molecule is O=C(NCc1ccco1)C1=CNc2ccccc2S1(=O)=O. The molecule has 1 aromatic carbocycles. The Morgan fingerprint density at radius 3 is 2.76 bits per heavy atom. The predicted molar refractivity (Wildman–Crippen MR) is 75.9 cm³/mol. The zero-order valence-electron chi connectivity index (χ0n) is 10.9. The summed E-state index contributed by atoms with van der Waals surface area (Å²) in [5.41, 5.74) is 0.458. The van der Waals surface area contributed by atoms with E-state index in [1.807, 2.05) is 0 Å². The number of furan rings is 1. The number of rotatable bonds is 3. The van der Waals surface area contributed by atoms with Crippen molar-refractivity contribution >= 4 is 21.4 Å². The molecule has 3 rings (SSSR count). The second-order valence-corrected chi connectivity index (χ2v) is 6.30. The van der Waals surface area contributed by atoms with Gasteiger partial charge in [-0.15, -0.1) is 0 Å². The van der Waals surface area contributed by atoms with E-state index in [2.05, 4.69) is 10.6 Å². The van der Waals surface area contributed by atoms with E-state index < -0.39 is 15.7 Å². The summed E-state index contributed by atoms with van der Waals surface area (Å²) in [7, 11) is -3.82. The van der Waals surface area contributed by atoms with Gasteiger partial charge in [0.25, 0.3) is 5.91 Å². The van der Waals surface area contributed by atoms with Gasteiger partial charge in [-0.2, -0.15) is 0 Å². The Morgan fingerprint density at radius 2 is 2.00 bits per heavy atom. The van der Waals surface area contributed by atoms with Crippen molar-refractivity contribution in [3.8, 4) is 0 Å². The van der Waals surface area contributed by atoms with Crippen LogP contribution in [0.25, 0.3) is 0 Å². The Labute approximate surface area is 121 Å². The Kier molecular flexibility index (Phi) is 3.26. The highest BCUT2D eigenvalue weighted by Gasteiger charge is 2.32. The molecule has 0 spiro atoms. The minimum Gasteiger partial charge on any atom is -0.467 e. The maximum atomic E-state index is 12.4. The summed E-state index contributed by atoms with van der Waals surface area (Å²) in [6.07, 6.45) is 2.69. The average Bonchev–Trinajstić information content (AvgIpc) is 2.98. The Bertz CT molecular complexity index is 807. The monoisotopic (exact) mass is 304 g/mol. The third-order valence-corrected chi connectivity index (χ3v) is 4.87. The molecular formula is C14H12N2O4S. The normalized spacial score (nSPS) is 15.5. The third kappa shape index (κ3) is 2.43. The summed E-state index contributed by atoms with van der Waals surface area (Å²) in [6, 6.07) is 9.82. The van der Waals surface area contributed by atoms with Crippen molar-refractivity contribution in [3.05, 3.63) is 59.5 Å². The first kappa shape index (κ1) is 13.4. The van der Waals surface area contributed by atoms with Crippen LogP contribution in [0, 0.1) is 0 Å². The van der Waals surface area contributed by atoms with Gasteiger partial charge in [0.15, 0.2) is 4.91 Å². The van der Waals surface area contributed by atoms with Gasteiger partial charge in [-0.25, -0.2) is 8.42 Å². The first-order valence-corrected chi connectivity index (χ1v) is 7.69. The molecule has 1 aliphatic heterocycles. The number of para-hydroxylation sites is 1. The van der Waals surface area contributed by atoms with Crippen molar-refractivity contribution in [2.45, 2.75) is 11.4 Å². The van der Waals surface area contributed by atoms with Crippen molar-refractivity contribution in [1.82, 2.24) is 5.32 Å². The summed E-state index contributed by atoms with van der Waals surface area (Å²) in [4.78, 5) is 11.9. The van der Waals surface area contributed by atoms with Crippen LogP contribution in [-0.4, -0.2) is 14.3 Å². The average molecular weight is 304 g/mol. The minimum absolute atomic E-state index is 0.0932. The molecule has 0 unspecified atom stereocenters. The quantitative estimate of drug-likeness (QED) is 0.900. The molecule has 1 aromatic heterocycles. The standard InChI is InChI=1S/C14H12N2O4S/c17-14(16-8-10-4-3-7-20-10)13-9-15-11-5-1-2-6-12(11)21(13,18)19/h1-7,9,15H,8H2,(H,16,17). The highest BCUT2D eigenvalue weighted by molar-refractivity contribution is 7.96.